The van der Waals surface area contributed by atoms with E-state index in [0.717, 1.165) is 11.4 Å². The van der Waals surface area contributed by atoms with Crippen LogP contribution in [0.2, 0.25) is 0 Å². The average Bonchev–Trinajstić information content (AvgIpc) is 2.30. The lowest BCUT2D eigenvalue weighted by atomic mass is 10.1. The lowest BCUT2D eigenvalue weighted by Gasteiger charge is -2.11. The van der Waals surface area contributed by atoms with Gasteiger partial charge in [0.15, 0.2) is 0 Å². The number of nitrogens with two attached hydrogens (primary N) is 1. The standard InChI is InChI=1S/C12H18N2O2/c1-9(7-8-13)12(15)14-10-3-5-11(16-2)6-4-10/h3-6,9H,7-8,13H2,1-2H3,(H,14,15). The number of hydrogen-bond acceptors (Lipinski definition) is 3. The number of carbonyl (C=O) groups is 1. The third-order valence-corrected chi connectivity index (χ3v) is 2.40. The summed E-state index contributed by atoms with van der Waals surface area (Å²) < 4.78 is 5.03. The SMILES string of the molecule is COc1ccc(NC(=O)C(C)CCN)cc1. The molecule has 0 aliphatic heterocycles. The van der Waals surface area contributed by atoms with Gasteiger partial charge in [-0.15, -0.1) is 0 Å². The Morgan fingerprint density at radius 3 is 2.56 bits per heavy atom. The highest BCUT2D eigenvalue weighted by Gasteiger charge is 2.11. The smallest absolute Gasteiger partial charge is 0.227 e. The lowest BCUT2D eigenvalue weighted by Crippen LogP contribution is -2.22. The van der Waals surface area contributed by atoms with Gasteiger partial charge in [0.05, 0.1) is 7.11 Å². The summed E-state index contributed by atoms with van der Waals surface area (Å²) in [6.45, 7) is 2.39. The van der Waals surface area contributed by atoms with E-state index < -0.39 is 0 Å². The van der Waals surface area contributed by atoms with Crippen molar-refractivity contribution >= 4 is 11.6 Å². The molecule has 0 aliphatic rings. The molecule has 4 nitrogen and oxygen atoms in total. The Morgan fingerprint density at radius 2 is 2.06 bits per heavy atom. The Kier molecular flexibility index (Phi) is 4.79. The van der Waals surface area contributed by atoms with E-state index in [1.54, 1.807) is 7.11 Å². The third-order valence-electron chi connectivity index (χ3n) is 2.40. The summed E-state index contributed by atoms with van der Waals surface area (Å²) in [5.41, 5.74) is 6.17. The van der Waals surface area contributed by atoms with Crippen LogP contribution in [0.15, 0.2) is 24.3 Å². The molecule has 1 aromatic carbocycles. The normalized spacial score (nSPS) is 11.9. The van der Waals surface area contributed by atoms with Gasteiger partial charge in [0, 0.05) is 11.6 Å². The molecule has 1 rings (SSSR count). The number of hydrogen-bond donors (Lipinski definition) is 2. The summed E-state index contributed by atoms with van der Waals surface area (Å²) in [4.78, 5) is 11.7. The van der Waals surface area contributed by atoms with Gasteiger partial charge in [-0.3, -0.25) is 4.79 Å². The largest absolute Gasteiger partial charge is 0.497 e. The fourth-order valence-electron chi connectivity index (χ4n) is 1.32. The van der Waals surface area contributed by atoms with Gasteiger partial charge < -0.3 is 15.8 Å². The molecular weight excluding hydrogens is 204 g/mol. The van der Waals surface area contributed by atoms with Crippen molar-refractivity contribution in [3.8, 4) is 5.75 Å². The van der Waals surface area contributed by atoms with Crippen LogP contribution in [0, 0.1) is 5.92 Å². The highest BCUT2D eigenvalue weighted by Crippen LogP contribution is 2.16. The molecule has 3 N–H and O–H groups in total. The van der Waals surface area contributed by atoms with Crippen molar-refractivity contribution in [2.24, 2.45) is 11.7 Å². The molecule has 0 fully saturated rings. The molecule has 1 amide bonds. The van der Waals surface area contributed by atoms with Gasteiger partial charge in [-0.1, -0.05) is 6.92 Å². The Labute approximate surface area is 95.8 Å². The first-order valence-electron chi connectivity index (χ1n) is 5.32. The topological polar surface area (TPSA) is 64.3 Å². The Bertz CT molecular complexity index is 335. The first kappa shape index (κ1) is 12.5. The second-order valence-electron chi connectivity index (χ2n) is 3.70. The maximum Gasteiger partial charge on any atom is 0.227 e. The van der Waals surface area contributed by atoms with E-state index in [2.05, 4.69) is 5.32 Å². The highest BCUT2D eigenvalue weighted by atomic mass is 16.5. The number of ether oxygens (including phenoxy) is 1. The first-order valence-corrected chi connectivity index (χ1v) is 5.32. The minimum atomic E-state index is -0.0629. The van der Waals surface area contributed by atoms with Crippen molar-refractivity contribution in [2.75, 3.05) is 19.0 Å². The minimum absolute atomic E-state index is 0.00406. The molecule has 0 radical (unpaired) electrons. The van der Waals surface area contributed by atoms with Crippen LogP contribution in [0.3, 0.4) is 0 Å². The Balaban J connectivity index is 2.55. The first-order chi connectivity index (χ1) is 7.67. The molecule has 16 heavy (non-hydrogen) atoms. The summed E-state index contributed by atoms with van der Waals surface area (Å²) in [5.74, 6) is 0.704. The maximum atomic E-state index is 11.7. The number of amides is 1. The summed E-state index contributed by atoms with van der Waals surface area (Å²) in [6, 6.07) is 7.24. The number of benzene rings is 1. The molecular formula is C12H18N2O2. The van der Waals surface area contributed by atoms with Crippen LogP contribution in [0.5, 0.6) is 5.75 Å². The molecule has 0 heterocycles. The average molecular weight is 222 g/mol. The van der Waals surface area contributed by atoms with E-state index in [1.165, 1.54) is 0 Å². The monoisotopic (exact) mass is 222 g/mol. The van der Waals surface area contributed by atoms with Gasteiger partial charge in [0.1, 0.15) is 5.75 Å². The second-order valence-corrected chi connectivity index (χ2v) is 3.70. The molecule has 0 saturated carbocycles. The molecule has 1 atom stereocenters. The summed E-state index contributed by atoms with van der Waals surface area (Å²) in [7, 11) is 1.61. The van der Waals surface area contributed by atoms with E-state index in [4.69, 9.17) is 10.5 Å². The van der Waals surface area contributed by atoms with Crippen molar-refractivity contribution in [2.45, 2.75) is 13.3 Å². The van der Waals surface area contributed by atoms with Gasteiger partial charge in [0.25, 0.3) is 0 Å². The molecule has 4 heteroatoms. The van der Waals surface area contributed by atoms with Gasteiger partial charge in [-0.05, 0) is 37.2 Å². The fraction of sp³-hybridized carbons (Fsp3) is 0.417. The Morgan fingerprint density at radius 1 is 1.44 bits per heavy atom. The molecule has 1 aromatic rings. The highest BCUT2D eigenvalue weighted by molar-refractivity contribution is 5.92. The molecule has 88 valence electrons. The fourth-order valence-corrected chi connectivity index (χ4v) is 1.32. The predicted molar refractivity (Wildman–Crippen MR) is 64.5 cm³/mol. The molecule has 0 aromatic heterocycles. The van der Waals surface area contributed by atoms with Crippen molar-refractivity contribution in [1.82, 2.24) is 0 Å². The quantitative estimate of drug-likeness (QED) is 0.795. The van der Waals surface area contributed by atoms with E-state index >= 15 is 0 Å². The lowest BCUT2D eigenvalue weighted by molar-refractivity contribution is -0.119. The number of anilines is 1. The van der Waals surface area contributed by atoms with Crippen LogP contribution in [0.1, 0.15) is 13.3 Å². The van der Waals surface area contributed by atoms with Crippen molar-refractivity contribution < 1.29 is 9.53 Å². The third kappa shape index (κ3) is 3.55. The van der Waals surface area contributed by atoms with Crippen molar-refractivity contribution in [1.29, 1.82) is 0 Å². The summed E-state index contributed by atoms with van der Waals surface area (Å²) >= 11 is 0. The zero-order valence-electron chi connectivity index (χ0n) is 9.69. The summed E-state index contributed by atoms with van der Waals surface area (Å²) in [5, 5.41) is 2.83. The van der Waals surface area contributed by atoms with Crippen LogP contribution < -0.4 is 15.8 Å². The minimum Gasteiger partial charge on any atom is -0.497 e. The summed E-state index contributed by atoms with van der Waals surface area (Å²) in [6.07, 6.45) is 0.696. The van der Waals surface area contributed by atoms with Crippen LogP contribution in [-0.4, -0.2) is 19.6 Å². The predicted octanol–water partition coefficient (Wildman–Crippen LogP) is 1.62. The zero-order chi connectivity index (χ0) is 12.0. The number of rotatable bonds is 5. The van der Waals surface area contributed by atoms with Crippen LogP contribution in [0.4, 0.5) is 5.69 Å². The Hall–Kier alpha value is -1.55. The van der Waals surface area contributed by atoms with Crippen molar-refractivity contribution in [3.05, 3.63) is 24.3 Å². The van der Waals surface area contributed by atoms with Gasteiger partial charge in [0.2, 0.25) is 5.91 Å². The second kappa shape index (κ2) is 6.12. The van der Waals surface area contributed by atoms with Crippen LogP contribution in [0.25, 0.3) is 0 Å². The van der Waals surface area contributed by atoms with Gasteiger partial charge >= 0.3 is 0 Å². The van der Waals surface area contributed by atoms with Crippen molar-refractivity contribution in [3.63, 3.8) is 0 Å². The van der Waals surface area contributed by atoms with E-state index in [0.29, 0.717) is 13.0 Å². The maximum absolute atomic E-state index is 11.7. The van der Waals surface area contributed by atoms with E-state index in [-0.39, 0.29) is 11.8 Å². The molecule has 0 bridgehead atoms. The van der Waals surface area contributed by atoms with E-state index in [9.17, 15) is 4.79 Å². The van der Waals surface area contributed by atoms with Crippen LogP contribution >= 0.6 is 0 Å². The molecule has 1 unspecified atom stereocenters. The van der Waals surface area contributed by atoms with Gasteiger partial charge in [-0.2, -0.15) is 0 Å². The number of methoxy groups -OCH3 is 1. The number of nitrogens with one attached hydrogen (secondary N) is 1. The van der Waals surface area contributed by atoms with Crippen LogP contribution in [-0.2, 0) is 4.79 Å². The molecule has 0 spiro atoms. The van der Waals surface area contributed by atoms with Gasteiger partial charge in [-0.25, -0.2) is 0 Å². The number of carbonyl (C=O) groups excluding carboxylic acids is 1. The molecule has 0 aliphatic carbocycles. The van der Waals surface area contributed by atoms with E-state index in [1.807, 2.05) is 31.2 Å². The zero-order valence-corrected chi connectivity index (χ0v) is 9.69. The molecule has 0 saturated heterocycles.